The Hall–Kier alpha value is -2.16. The van der Waals surface area contributed by atoms with Crippen LogP contribution in [-0.2, 0) is 17.7 Å². The van der Waals surface area contributed by atoms with Crippen LogP contribution in [0.25, 0.3) is 11.0 Å². The lowest BCUT2D eigenvalue weighted by Gasteiger charge is -2.11. The van der Waals surface area contributed by atoms with E-state index >= 15 is 0 Å². The second kappa shape index (κ2) is 10.0. The van der Waals surface area contributed by atoms with Gasteiger partial charge in [-0.1, -0.05) is 18.5 Å². The zero-order valence-electron chi connectivity index (χ0n) is 16.1. The highest BCUT2D eigenvalue weighted by atomic mass is 79.9. The van der Waals surface area contributed by atoms with E-state index in [1.807, 2.05) is 0 Å². The number of imidazole rings is 1. The molecule has 29 heavy (non-hydrogen) atoms. The summed E-state index contributed by atoms with van der Waals surface area (Å²) in [6.45, 7) is 4.08. The van der Waals surface area contributed by atoms with Gasteiger partial charge in [0.2, 0.25) is 0 Å². The van der Waals surface area contributed by atoms with E-state index in [0.717, 1.165) is 28.7 Å². The number of pyridine rings is 1. The molecule has 2 aromatic heterocycles. The fourth-order valence-electron chi connectivity index (χ4n) is 3.02. The Morgan fingerprint density at radius 1 is 1.31 bits per heavy atom. The molecule has 1 amide bonds. The first-order valence-electron chi connectivity index (χ1n) is 9.41. The Labute approximate surface area is 182 Å². The summed E-state index contributed by atoms with van der Waals surface area (Å²) in [4.78, 5) is 20.9. The number of nitrogens with two attached hydrogens (primary N) is 1. The van der Waals surface area contributed by atoms with Crippen molar-refractivity contribution < 1.29 is 9.53 Å². The predicted octanol–water partition coefficient (Wildman–Crippen LogP) is 3.83. The van der Waals surface area contributed by atoms with Crippen molar-refractivity contribution in [1.29, 1.82) is 0 Å². The molecule has 0 saturated carbocycles. The maximum absolute atomic E-state index is 12.1. The van der Waals surface area contributed by atoms with Crippen LogP contribution < -0.4 is 11.1 Å². The van der Waals surface area contributed by atoms with Crippen LogP contribution in [0.3, 0.4) is 0 Å². The summed E-state index contributed by atoms with van der Waals surface area (Å²) in [7, 11) is 0. The van der Waals surface area contributed by atoms with Gasteiger partial charge in [0.25, 0.3) is 5.91 Å². The van der Waals surface area contributed by atoms with Gasteiger partial charge in [0.15, 0.2) is 5.82 Å². The number of aromatic nitrogens is 3. The van der Waals surface area contributed by atoms with E-state index in [9.17, 15) is 4.79 Å². The van der Waals surface area contributed by atoms with Crippen LogP contribution in [0, 0.1) is 0 Å². The summed E-state index contributed by atoms with van der Waals surface area (Å²) in [5.41, 5.74) is 8.20. The van der Waals surface area contributed by atoms with Gasteiger partial charge in [-0.2, -0.15) is 0 Å². The molecule has 0 saturated heterocycles. The Balaban J connectivity index is 1.53. The number of carbonyl (C=O) groups is 1. The molecule has 0 unspecified atom stereocenters. The van der Waals surface area contributed by atoms with E-state index in [0.29, 0.717) is 48.2 Å². The van der Waals surface area contributed by atoms with E-state index in [4.69, 9.17) is 22.1 Å². The van der Waals surface area contributed by atoms with Gasteiger partial charge in [-0.3, -0.25) is 4.79 Å². The van der Waals surface area contributed by atoms with Crippen molar-refractivity contribution in [3.8, 4) is 0 Å². The summed E-state index contributed by atoms with van der Waals surface area (Å²) in [5, 5.41) is 3.43. The lowest BCUT2D eigenvalue weighted by molar-refractivity contribution is 0.0909. The van der Waals surface area contributed by atoms with Gasteiger partial charge in [-0.25, -0.2) is 9.97 Å². The monoisotopic (exact) mass is 479 g/mol. The zero-order chi connectivity index (χ0) is 20.8. The van der Waals surface area contributed by atoms with Crippen molar-refractivity contribution in [2.45, 2.75) is 26.3 Å². The van der Waals surface area contributed by atoms with Crippen molar-refractivity contribution in [2.24, 2.45) is 0 Å². The number of ether oxygens (including phenoxy) is 1. The van der Waals surface area contributed by atoms with Gasteiger partial charge in [0.05, 0.1) is 23.2 Å². The minimum atomic E-state index is -0.150. The maximum Gasteiger partial charge on any atom is 0.251 e. The first-order valence-corrected chi connectivity index (χ1v) is 10.6. The summed E-state index contributed by atoms with van der Waals surface area (Å²) in [6, 6.07) is 6.76. The summed E-state index contributed by atoms with van der Waals surface area (Å²) in [6.07, 6.45) is 3.52. The number of hydrogen-bond acceptors (Lipinski definition) is 5. The molecule has 154 valence electrons. The van der Waals surface area contributed by atoms with Crippen LogP contribution >= 0.6 is 27.5 Å². The highest BCUT2D eigenvalue weighted by Crippen LogP contribution is 2.28. The molecule has 9 heteroatoms. The van der Waals surface area contributed by atoms with E-state index in [1.54, 1.807) is 30.5 Å². The van der Waals surface area contributed by atoms with Gasteiger partial charge in [-0.05, 0) is 46.6 Å². The minimum Gasteiger partial charge on any atom is -0.382 e. The Morgan fingerprint density at radius 3 is 2.79 bits per heavy atom. The second-order valence-corrected chi connectivity index (χ2v) is 7.78. The summed E-state index contributed by atoms with van der Waals surface area (Å²) >= 11 is 9.38. The lowest BCUT2D eigenvalue weighted by Crippen LogP contribution is -2.27. The van der Waals surface area contributed by atoms with Crippen LogP contribution in [0.2, 0.25) is 5.02 Å². The van der Waals surface area contributed by atoms with Gasteiger partial charge in [0.1, 0.15) is 11.3 Å². The number of anilines is 1. The molecule has 0 atom stereocenters. The fraction of sp³-hybridized carbons (Fsp3) is 0.350. The zero-order valence-corrected chi connectivity index (χ0v) is 18.5. The number of aryl methyl sites for hydroxylation is 1. The molecule has 0 aliphatic carbocycles. The predicted molar refractivity (Wildman–Crippen MR) is 118 cm³/mol. The van der Waals surface area contributed by atoms with Crippen LogP contribution in [-0.4, -0.2) is 40.2 Å². The third-order valence-electron chi connectivity index (χ3n) is 4.40. The van der Waals surface area contributed by atoms with Gasteiger partial charge >= 0.3 is 0 Å². The molecule has 0 aliphatic rings. The van der Waals surface area contributed by atoms with Gasteiger partial charge in [-0.15, -0.1) is 0 Å². The summed E-state index contributed by atoms with van der Waals surface area (Å²) in [5.74, 6) is 1.23. The van der Waals surface area contributed by atoms with Crippen molar-refractivity contribution >= 4 is 50.3 Å². The van der Waals surface area contributed by atoms with E-state index in [-0.39, 0.29) is 5.91 Å². The highest BCUT2D eigenvalue weighted by molar-refractivity contribution is 9.10. The van der Waals surface area contributed by atoms with Crippen molar-refractivity contribution in [1.82, 2.24) is 19.9 Å². The number of rotatable bonds is 9. The number of nitrogens with zero attached hydrogens (tertiary/aromatic N) is 3. The summed E-state index contributed by atoms with van der Waals surface area (Å²) < 4.78 is 8.69. The Morgan fingerprint density at radius 2 is 2.07 bits per heavy atom. The Kier molecular flexibility index (Phi) is 7.46. The fourth-order valence-corrected chi connectivity index (χ4v) is 3.65. The van der Waals surface area contributed by atoms with Crippen LogP contribution in [0.5, 0.6) is 0 Å². The molecule has 3 rings (SSSR count). The van der Waals surface area contributed by atoms with E-state index in [2.05, 4.69) is 42.7 Å². The van der Waals surface area contributed by atoms with Crippen LogP contribution in [0.1, 0.15) is 29.5 Å². The number of nitrogen functional groups attached to an aromatic ring is 1. The Bertz CT molecular complexity index is 991. The molecule has 0 bridgehead atoms. The van der Waals surface area contributed by atoms with E-state index < -0.39 is 0 Å². The first kappa shape index (κ1) is 21.5. The number of carbonyl (C=O) groups excluding carboxylic acids is 1. The quantitative estimate of drug-likeness (QED) is 0.454. The molecule has 3 N–H and O–H groups in total. The lowest BCUT2D eigenvalue weighted by atomic mass is 10.2. The van der Waals surface area contributed by atoms with Gasteiger partial charge in [0, 0.05) is 36.3 Å². The molecule has 0 fully saturated rings. The number of amides is 1. The average molecular weight is 481 g/mol. The smallest absolute Gasteiger partial charge is 0.251 e. The average Bonchev–Trinajstić information content (AvgIpc) is 3.07. The van der Waals surface area contributed by atoms with Crippen molar-refractivity contribution in [2.75, 3.05) is 25.5 Å². The topological polar surface area (TPSA) is 95.1 Å². The second-order valence-electron chi connectivity index (χ2n) is 6.49. The third kappa shape index (κ3) is 5.26. The van der Waals surface area contributed by atoms with Crippen LogP contribution in [0.4, 0.5) is 5.82 Å². The molecule has 1 aromatic carbocycles. The number of hydrogen-bond donors (Lipinski definition) is 2. The third-order valence-corrected chi connectivity index (χ3v) is 5.24. The molecule has 2 heterocycles. The highest BCUT2D eigenvalue weighted by Gasteiger charge is 2.15. The molecule has 7 nitrogen and oxygen atoms in total. The van der Waals surface area contributed by atoms with Crippen LogP contribution in [0.15, 0.2) is 34.9 Å². The minimum absolute atomic E-state index is 0.150. The maximum atomic E-state index is 12.1. The number of nitrogens with one attached hydrogen (secondary N) is 1. The largest absolute Gasteiger partial charge is 0.382 e. The molecule has 0 radical (unpaired) electrons. The first-order chi connectivity index (χ1) is 14.0. The molecule has 0 spiro atoms. The molecule has 3 aromatic rings. The van der Waals surface area contributed by atoms with Crippen molar-refractivity contribution in [3.05, 3.63) is 51.3 Å². The van der Waals surface area contributed by atoms with Crippen molar-refractivity contribution in [3.63, 3.8) is 0 Å². The molecule has 0 aliphatic heterocycles. The number of fused-ring (bicyclic) bond motifs is 1. The number of benzene rings is 1. The molecular weight excluding hydrogens is 458 g/mol. The van der Waals surface area contributed by atoms with E-state index in [1.165, 1.54) is 0 Å². The standard InChI is InChI=1S/C20H23BrClN5O2/c1-2-3-16-26-17-18(15(21)12-25-19(17)23)27(16)9-11-29-10-8-24-20(28)13-4-6-14(22)7-5-13/h4-7,12H,2-3,8-11H2,1H3,(H2,23,25)(H,24,28). The molecular formula is C20H23BrClN5O2. The number of halogens is 2. The normalized spacial score (nSPS) is 11.1. The SMILES string of the molecule is CCCc1nc2c(N)ncc(Br)c2n1CCOCCNC(=O)c1ccc(Cl)cc1. The van der Waals surface area contributed by atoms with Gasteiger partial charge < -0.3 is 20.4 Å².